The maximum Gasteiger partial charge on any atom is 0.416 e. The molecule has 0 saturated heterocycles. The van der Waals surface area contributed by atoms with Crippen LogP contribution in [0.3, 0.4) is 0 Å². The zero-order valence-electron chi connectivity index (χ0n) is 13.6. The van der Waals surface area contributed by atoms with Crippen LogP contribution in [0.25, 0.3) is 0 Å². The molecule has 5 nitrogen and oxygen atoms in total. The van der Waals surface area contributed by atoms with Crippen molar-refractivity contribution < 1.29 is 18.0 Å². The van der Waals surface area contributed by atoms with E-state index in [0.717, 1.165) is 12.1 Å². The van der Waals surface area contributed by atoms with E-state index in [1.807, 2.05) is 20.8 Å². The molecule has 1 atom stereocenters. The van der Waals surface area contributed by atoms with Crippen molar-refractivity contribution in [2.24, 2.45) is 5.41 Å². The molecule has 8 heteroatoms. The SMILES string of the molecule is CC(C)(C)[C@@H](NC(=O)Cn1cncn1)c1cccc(C(F)(F)F)c1. The lowest BCUT2D eigenvalue weighted by atomic mass is 9.82. The number of alkyl halides is 3. The number of nitrogens with one attached hydrogen (secondary N) is 1. The van der Waals surface area contributed by atoms with Gasteiger partial charge in [0.05, 0.1) is 11.6 Å². The van der Waals surface area contributed by atoms with E-state index in [4.69, 9.17) is 0 Å². The summed E-state index contributed by atoms with van der Waals surface area (Å²) in [6.07, 6.45) is -1.72. The van der Waals surface area contributed by atoms with Crippen molar-refractivity contribution in [1.82, 2.24) is 20.1 Å². The van der Waals surface area contributed by atoms with E-state index in [1.54, 1.807) is 6.07 Å². The van der Waals surface area contributed by atoms with Gasteiger partial charge in [-0.3, -0.25) is 4.79 Å². The molecule has 0 unspecified atom stereocenters. The summed E-state index contributed by atoms with van der Waals surface area (Å²) in [6, 6.07) is 4.45. The summed E-state index contributed by atoms with van der Waals surface area (Å²) in [5.41, 5.74) is -0.800. The molecule has 130 valence electrons. The maximum atomic E-state index is 12.9. The number of benzene rings is 1. The van der Waals surface area contributed by atoms with E-state index in [0.29, 0.717) is 5.56 Å². The minimum absolute atomic E-state index is 0.0501. The van der Waals surface area contributed by atoms with Crippen LogP contribution in [0.1, 0.15) is 37.9 Å². The van der Waals surface area contributed by atoms with Gasteiger partial charge in [0, 0.05) is 0 Å². The first kappa shape index (κ1) is 18.0. The third-order valence-electron chi connectivity index (χ3n) is 3.49. The van der Waals surface area contributed by atoms with Crippen LogP contribution in [0.2, 0.25) is 0 Å². The molecule has 0 aliphatic heterocycles. The summed E-state index contributed by atoms with van der Waals surface area (Å²) in [4.78, 5) is 15.9. The van der Waals surface area contributed by atoms with Crippen molar-refractivity contribution in [2.45, 2.75) is 39.5 Å². The molecule has 0 saturated carbocycles. The van der Waals surface area contributed by atoms with Gasteiger partial charge in [-0.1, -0.05) is 32.9 Å². The summed E-state index contributed by atoms with van der Waals surface area (Å²) in [5.74, 6) is -0.349. The highest BCUT2D eigenvalue weighted by molar-refractivity contribution is 5.76. The molecule has 1 N–H and O–H groups in total. The van der Waals surface area contributed by atoms with Crippen LogP contribution in [0.15, 0.2) is 36.9 Å². The topological polar surface area (TPSA) is 59.8 Å². The third-order valence-corrected chi connectivity index (χ3v) is 3.49. The van der Waals surface area contributed by atoms with Gasteiger partial charge in [-0.25, -0.2) is 9.67 Å². The van der Waals surface area contributed by atoms with Crippen LogP contribution in [-0.4, -0.2) is 20.7 Å². The van der Waals surface area contributed by atoms with Crippen molar-refractivity contribution >= 4 is 5.91 Å². The molecule has 24 heavy (non-hydrogen) atoms. The second kappa shape index (κ2) is 6.62. The van der Waals surface area contributed by atoms with Gasteiger partial charge in [0.15, 0.2) is 0 Å². The van der Waals surface area contributed by atoms with Crippen molar-refractivity contribution in [1.29, 1.82) is 0 Å². The van der Waals surface area contributed by atoms with Crippen LogP contribution >= 0.6 is 0 Å². The second-order valence-electron chi connectivity index (χ2n) is 6.58. The molecule has 2 aromatic rings. The molecular formula is C16H19F3N4O. The molecule has 0 radical (unpaired) electrons. The van der Waals surface area contributed by atoms with Gasteiger partial charge in [0.25, 0.3) is 0 Å². The lowest BCUT2D eigenvalue weighted by molar-refractivity contribution is -0.137. The molecule has 0 fully saturated rings. The number of aromatic nitrogens is 3. The lowest BCUT2D eigenvalue weighted by Crippen LogP contribution is -2.38. The van der Waals surface area contributed by atoms with E-state index < -0.39 is 23.2 Å². The Bertz CT molecular complexity index is 690. The summed E-state index contributed by atoms with van der Waals surface area (Å²) in [7, 11) is 0. The Balaban J connectivity index is 2.24. The standard InChI is InChI=1S/C16H19F3N4O/c1-15(2,3)14(22-13(24)8-23-10-20-9-21-23)11-5-4-6-12(7-11)16(17,18)19/h4-7,9-10,14H,8H2,1-3H3,(H,22,24)/t14-/m0/s1. The van der Waals surface area contributed by atoms with Crippen molar-refractivity contribution in [3.8, 4) is 0 Å². The highest BCUT2D eigenvalue weighted by atomic mass is 19.4. The highest BCUT2D eigenvalue weighted by Gasteiger charge is 2.33. The van der Waals surface area contributed by atoms with Crippen LogP contribution in [0.5, 0.6) is 0 Å². The third kappa shape index (κ3) is 4.56. The van der Waals surface area contributed by atoms with Crippen molar-refractivity contribution in [2.75, 3.05) is 0 Å². The Morgan fingerprint density at radius 2 is 2.00 bits per heavy atom. The fourth-order valence-corrected chi connectivity index (χ4v) is 2.36. The normalized spacial score (nSPS) is 13.6. The fourth-order valence-electron chi connectivity index (χ4n) is 2.36. The molecule has 0 aliphatic carbocycles. The van der Waals surface area contributed by atoms with Gasteiger partial charge in [-0.2, -0.15) is 18.3 Å². The average molecular weight is 340 g/mol. The van der Waals surface area contributed by atoms with E-state index in [1.165, 1.54) is 23.4 Å². The molecular weight excluding hydrogens is 321 g/mol. The lowest BCUT2D eigenvalue weighted by Gasteiger charge is -2.32. The average Bonchev–Trinajstić information content (AvgIpc) is 2.95. The first-order chi connectivity index (χ1) is 11.1. The number of halogens is 3. The molecule has 1 amide bonds. The molecule has 1 aromatic carbocycles. The van der Waals surface area contributed by atoms with Crippen molar-refractivity contribution in [3.63, 3.8) is 0 Å². The monoisotopic (exact) mass is 340 g/mol. The van der Waals surface area contributed by atoms with Gasteiger partial charge < -0.3 is 5.32 Å². The quantitative estimate of drug-likeness (QED) is 0.930. The predicted molar refractivity (Wildman–Crippen MR) is 81.8 cm³/mol. The summed E-state index contributed by atoms with van der Waals surface area (Å²) >= 11 is 0. The van der Waals surface area contributed by atoms with Gasteiger partial charge >= 0.3 is 6.18 Å². The predicted octanol–water partition coefficient (Wildman–Crippen LogP) is 3.20. The number of carbonyl (C=O) groups excluding carboxylic acids is 1. The van der Waals surface area contributed by atoms with Gasteiger partial charge in [-0.15, -0.1) is 0 Å². The summed E-state index contributed by atoms with van der Waals surface area (Å²) in [6.45, 7) is 5.51. The summed E-state index contributed by atoms with van der Waals surface area (Å²) in [5, 5.41) is 6.64. The number of rotatable bonds is 4. The first-order valence-electron chi connectivity index (χ1n) is 7.36. The van der Waals surface area contributed by atoms with Crippen LogP contribution < -0.4 is 5.32 Å². The van der Waals surface area contributed by atoms with Crippen LogP contribution in [0.4, 0.5) is 13.2 Å². The minimum Gasteiger partial charge on any atom is -0.347 e. The Labute approximate surface area is 137 Å². The Morgan fingerprint density at radius 1 is 1.29 bits per heavy atom. The first-order valence-corrected chi connectivity index (χ1v) is 7.36. The Morgan fingerprint density at radius 3 is 2.54 bits per heavy atom. The maximum absolute atomic E-state index is 12.9. The van der Waals surface area contributed by atoms with E-state index in [-0.39, 0.29) is 12.5 Å². The number of hydrogen-bond donors (Lipinski definition) is 1. The Kier molecular flexibility index (Phi) is 4.96. The number of hydrogen-bond acceptors (Lipinski definition) is 3. The zero-order valence-corrected chi connectivity index (χ0v) is 13.6. The van der Waals surface area contributed by atoms with Crippen LogP contribution in [0, 0.1) is 5.41 Å². The van der Waals surface area contributed by atoms with E-state index in [2.05, 4.69) is 15.4 Å². The fraction of sp³-hybridized carbons (Fsp3) is 0.438. The number of nitrogens with zero attached hydrogens (tertiary/aromatic N) is 3. The minimum atomic E-state index is -4.43. The molecule has 0 bridgehead atoms. The number of carbonyl (C=O) groups is 1. The van der Waals surface area contributed by atoms with E-state index >= 15 is 0 Å². The summed E-state index contributed by atoms with van der Waals surface area (Å²) < 4.78 is 40.2. The number of amides is 1. The van der Waals surface area contributed by atoms with Gasteiger partial charge in [-0.05, 0) is 23.1 Å². The molecule has 1 heterocycles. The van der Waals surface area contributed by atoms with Gasteiger partial charge in [0.1, 0.15) is 19.2 Å². The molecule has 0 spiro atoms. The largest absolute Gasteiger partial charge is 0.416 e. The van der Waals surface area contributed by atoms with E-state index in [9.17, 15) is 18.0 Å². The highest BCUT2D eigenvalue weighted by Crippen LogP contribution is 2.36. The smallest absolute Gasteiger partial charge is 0.347 e. The van der Waals surface area contributed by atoms with Crippen molar-refractivity contribution in [3.05, 3.63) is 48.0 Å². The molecule has 2 rings (SSSR count). The molecule has 0 aliphatic rings. The molecule has 1 aromatic heterocycles. The van der Waals surface area contributed by atoms with Crippen LogP contribution in [-0.2, 0) is 17.5 Å². The Hall–Kier alpha value is -2.38. The second-order valence-corrected chi connectivity index (χ2v) is 6.58. The zero-order chi connectivity index (χ0) is 18.0. The van der Waals surface area contributed by atoms with Gasteiger partial charge in [0.2, 0.25) is 5.91 Å².